The van der Waals surface area contributed by atoms with Crippen molar-refractivity contribution in [2.24, 2.45) is 0 Å². The Morgan fingerprint density at radius 1 is 1.23 bits per heavy atom. The minimum absolute atomic E-state index is 0.202. The predicted octanol–water partition coefficient (Wildman–Crippen LogP) is 1.72. The SMILES string of the molecule is CCN1C(=O)C(=C2Sc3ccccc3N2CC(=O)NS(C)(=O)=O)SC1=S. The van der Waals surface area contributed by atoms with Crippen LogP contribution >= 0.6 is 35.7 Å². The second-order valence-corrected chi connectivity index (χ2v) is 9.93. The monoisotopic (exact) mass is 429 g/mol. The molecule has 0 aromatic heterocycles. The topological polar surface area (TPSA) is 86.8 Å². The lowest BCUT2D eigenvalue weighted by Gasteiger charge is -2.20. The maximum absolute atomic E-state index is 12.7. The Balaban J connectivity index is 2.00. The lowest BCUT2D eigenvalue weighted by atomic mass is 10.3. The Labute approximate surface area is 165 Å². The first-order valence-electron chi connectivity index (χ1n) is 7.54. The molecule has 0 aliphatic carbocycles. The van der Waals surface area contributed by atoms with Crippen LogP contribution in [-0.4, -0.2) is 48.8 Å². The van der Waals surface area contributed by atoms with Gasteiger partial charge in [0.25, 0.3) is 11.8 Å². The van der Waals surface area contributed by atoms with Crippen LogP contribution in [0.4, 0.5) is 5.69 Å². The molecular formula is C15H15N3O4S4. The average molecular weight is 430 g/mol. The van der Waals surface area contributed by atoms with Crippen LogP contribution in [-0.2, 0) is 19.6 Å². The number of likely N-dealkylation sites (N-methyl/N-ethyl adjacent to an activating group) is 1. The van der Waals surface area contributed by atoms with Crippen molar-refractivity contribution in [1.29, 1.82) is 0 Å². The molecule has 0 bridgehead atoms. The summed E-state index contributed by atoms with van der Waals surface area (Å²) in [6.45, 7) is 2.09. The summed E-state index contributed by atoms with van der Waals surface area (Å²) in [7, 11) is -3.66. The summed E-state index contributed by atoms with van der Waals surface area (Å²) in [5.74, 6) is -0.875. The van der Waals surface area contributed by atoms with Gasteiger partial charge in [-0.2, -0.15) is 0 Å². The van der Waals surface area contributed by atoms with Gasteiger partial charge in [-0.15, -0.1) is 0 Å². The number of fused-ring (bicyclic) bond motifs is 1. The molecule has 2 aliphatic heterocycles. The molecule has 3 rings (SSSR count). The molecule has 1 fully saturated rings. The third-order valence-electron chi connectivity index (χ3n) is 3.57. The summed E-state index contributed by atoms with van der Waals surface area (Å²) in [6, 6.07) is 7.39. The van der Waals surface area contributed by atoms with E-state index in [0.29, 0.717) is 20.8 Å². The van der Waals surface area contributed by atoms with E-state index in [1.165, 1.54) is 28.4 Å². The van der Waals surface area contributed by atoms with E-state index in [9.17, 15) is 18.0 Å². The molecule has 26 heavy (non-hydrogen) atoms. The molecule has 2 amide bonds. The summed E-state index contributed by atoms with van der Waals surface area (Å²) in [6.07, 6.45) is 0.921. The third-order valence-corrected chi connectivity index (χ3v) is 6.92. The number of rotatable bonds is 4. The first-order chi connectivity index (χ1) is 12.2. The Kier molecular flexibility index (Phi) is 5.33. The second-order valence-electron chi connectivity index (χ2n) is 5.50. The summed E-state index contributed by atoms with van der Waals surface area (Å²) >= 11 is 7.82. The maximum atomic E-state index is 12.7. The number of nitrogens with one attached hydrogen (secondary N) is 1. The Morgan fingerprint density at radius 3 is 2.54 bits per heavy atom. The van der Waals surface area contributed by atoms with Crippen molar-refractivity contribution in [1.82, 2.24) is 9.62 Å². The normalized spacial score (nSPS) is 19.9. The van der Waals surface area contributed by atoms with Crippen molar-refractivity contribution < 1.29 is 18.0 Å². The number of amides is 2. The number of carbonyl (C=O) groups is 2. The Morgan fingerprint density at radius 2 is 1.92 bits per heavy atom. The number of carbonyl (C=O) groups excluding carboxylic acids is 2. The van der Waals surface area contributed by atoms with E-state index in [-0.39, 0.29) is 12.5 Å². The van der Waals surface area contributed by atoms with Crippen LogP contribution < -0.4 is 9.62 Å². The van der Waals surface area contributed by atoms with E-state index >= 15 is 0 Å². The van der Waals surface area contributed by atoms with E-state index < -0.39 is 15.9 Å². The van der Waals surface area contributed by atoms with Crippen LogP contribution in [0.25, 0.3) is 0 Å². The van der Waals surface area contributed by atoms with Crippen LogP contribution in [0.15, 0.2) is 39.1 Å². The molecule has 138 valence electrons. The number of anilines is 1. The van der Waals surface area contributed by atoms with E-state index in [0.717, 1.165) is 16.8 Å². The maximum Gasteiger partial charge on any atom is 0.268 e. The summed E-state index contributed by atoms with van der Waals surface area (Å²) < 4.78 is 25.1. The highest BCUT2D eigenvalue weighted by Gasteiger charge is 2.39. The number of benzene rings is 1. The number of hydrogen-bond donors (Lipinski definition) is 1. The molecular weight excluding hydrogens is 414 g/mol. The fraction of sp³-hybridized carbons (Fsp3) is 0.267. The summed E-state index contributed by atoms with van der Waals surface area (Å²) in [5, 5.41) is 0.586. The smallest absolute Gasteiger partial charge is 0.268 e. The van der Waals surface area contributed by atoms with Gasteiger partial charge >= 0.3 is 0 Å². The van der Waals surface area contributed by atoms with Gasteiger partial charge in [-0.25, -0.2) is 8.42 Å². The molecule has 11 heteroatoms. The molecule has 0 spiro atoms. The number of sulfonamides is 1. The summed E-state index contributed by atoms with van der Waals surface area (Å²) in [5.41, 5.74) is 0.748. The van der Waals surface area contributed by atoms with Crippen molar-refractivity contribution in [3.8, 4) is 0 Å². The number of thiocarbonyl (C=S) groups is 1. The van der Waals surface area contributed by atoms with Gasteiger partial charge in [0.05, 0.1) is 11.9 Å². The lowest BCUT2D eigenvalue weighted by Crippen LogP contribution is -2.38. The molecule has 0 saturated carbocycles. The van der Waals surface area contributed by atoms with Crippen LogP contribution in [0.5, 0.6) is 0 Å². The molecule has 1 N–H and O–H groups in total. The Bertz CT molecular complexity index is 942. The molecule has 2 aliphatic rings. The summed E-state index contributed by atoms with van der Waals surface area (Å²) in [4.78, 5) is 29.3. The molecule has 2 heterocycles. The molecule has 0 atom stereocenters. The van der Waals surface area contributed by atoms with Gasteiger partial charge in [-0.3, -0.25) is 19.2 Å². The number of thioether (sulfide) groups is 2. The molecule has 1 saturated heterocycles. The van der Waals surface area contributed by atoms with Gasteiger partial charge in [0, 0.05) is 11.4 Å². The van der Waals surface area contributed by atoms with Gasteiger partial charge in [0.1, 0.15) is 20.8 Å². The van der Waals surface area contributed by atoms with Crippen molar-refractivity contribution in [3.05, 3.63) is 34.2 Å². The number of para-hydroxylation sites is 1. The van der Waals surface area contributed by atoms with E-state index in [2.05, 4.69) is 0 Å². The van der Waals surface area contributed by atoms with Crippen molar-refractivity contribution in [3.63, 3.8) is 0 Å². The molecule has 7 nitrogen and oxygen atoms in total. The zero-order valence-corrected chi connectivity index (χ0v) is 17.2. The van der Waals surface area contributed by atoms with Crippen LogP contribution in [0.2, 0.25) is 0 Å². The van der Waals surface area contributed by atoms with Crippen molar-refractivity contribution >= 4 is 67.6 Å². The minimum Gasteiger partial charge on any atom is -0.324 e. The third kappa shape index (κ3) is 3.75. The standard InChI is InChI=1S/C15H15N3O4S4/c1-3-17-13(20)12(25-15(17)23)14-18(8-11(19)16-26(2,21)22)9-6-4-5-7-10(9)24-14/h4-7H,3,8H2,1-2H3,(H,16,19). The van der Waals surface area contributed by atoms with Gasteiger partial charge in [-0.05, 0) is 19.1 Å². The van der Waals surface area contributed by atoms with Gasteiger partial charge < -0.3 is 4.90 Å². The van der Waals surface area contributed by atoms with Gasteiger partial charge in [0.15, 0.2) is 0 Å². The quantitative estimate of drug-likeness (QED) is 0.572. The van der Waals surface area contributed by atoms with Gasteiger partial charge in [0.2, 0.25) is 10.0 Å². The first-order valence-corrected chi connectivity index (χ1v) is 11.5. The Hall–Kier alpha value is -1.56. The first kappa shape index (κ1) is 19.2. The largest absolute Gasteiger partial charge is 0.324 e. The van der Waals surface area contributed by atoms with Crippen LogP contribution in [0.3, 0.4) is 0 Å². The van der Waals surface area contributed by atoms with Crippen molar-refractivity contribution in [2.75, 3.05) is 24.2 Å². The molecule has 1 aromatic carbocycles. The number of hydrogen-bond acceptors (Lipinski definition) is 8. The number of nitrogens with zero attached hydrogens (tertiary/aromatic N) is 2. The van der Waals surface area contributed by atoms with Crippen molar-refractivity contribution in [2.45, 2.75) is 11.8 Å². The fourth-order valence-corrected chi connectivity index (χ4v) is 5.72. The van der Waals surface area contributed by atoms with E-state index in [4.69, 9.17) is 12.2 Å². The molecule has 0 unspecified atom stereocenters. The van der Waals surface area contributed by atoms with E-state index in [1.807, 2.05) is 35.9 Å². The second kappa shape index (κ2) is 7.22. The predicted molar refractivity (Wildman–Crippen MR) is 107 cm³/mol. The highest BCUT2D eigenvalue weighted by Crippen LogP contribution is 2.50. The van der Waals surface area contributed by atoms with E-state index in [1.54, 1.807) is 4.90 Å². The highest BCUT2D eigenvalue weighted by molar-refractivity contribution is 8.27. The van der Waals surface area contributed by atoms with Crippen LogP contribution in [0, 0.1) is 0 Å². The fourth-order valence-electron chi connectivity index (χ4n) is 2.54. The zero-order chi connectivity index (χ0) is 19.1. The molecule has 1 aromatic rings. The zero-order valence-electron chi connectivity index (χ0n) is 13.9. The van der Waals surface area contributed by atoms with Gasteiger partial charge in [-0.1, -0.05) is 47.9 Å². The highest BCUT2D eigenvalue weighted by atomic mass is 32.2. The molecule has 0 radical (unpaired) electrons. The average Bonchev–Trinajstić information content (AvgIpc) is 3.03. The van der Waals surface area contributed by atoms with Crippen LogP contribution in [0.1, 0.15) is 6.92 Å². The lowest BCUT2D eigenvalue weighted by molar-refractivity contribution is -0.122. The minimum atomic E-state index is -3.66.